The van der Waals surface area contributed by atoms with Gasteiger partial charge in [0.25, 0.3) is 0 Å². The third-order valence-corrected chi connectivity index (χ3v) is 4.91. The molecule has 2 heterocycles. The highest BCUT2D eigenvalue weighted by Crippen LogP contribution is 2.47. The van der Waals surface area contributed by atoms with E-state index < -0.39 is 16.8 Å². The van der Waals surface area contributed by atoms with E-state index in [2.05, 4.69) is 16.0 Å². The Labute approximate surface area is 161 Å². The third kappa shape index (κ3) is 3.06. The number of carbonyl (C=O) groups is 1. The van der Waals surface area contributed by atoms with Crippen LogP contribution < -0.4 is 0 Å². The first kappa shape index (κ1) is 19.3. The van der Waals surface area contributed by atoms with E-state index in [0.29, 0.717) is 22.4 Å². The molecule has 0 saturated carbocycles. The normalized spacial score (nSPS) is 20.8. The third-order valence-electron chi connectivity index (χ3n) is 4.91. The van der Waals surface area contributed by atoms with Gasteiger partial charge in [0.2, 0.25) is 0 Å². The van der Waals surface area contributed by atoms with E-state index in [-0.39, 0.29) is 17.8 Å². The van der Waals surface area contributed by atoms with Gasteiger partial charge in [-0.05, 0) is 24.6 Å². The zero-order valence-corrected chi connectivity index (χ0v) is 15.7. The molecule has 1 atom stereocenters. The van der Waals surface area contributed by atoms with Gasteiger partial charge < -0.3 is 4.74 Å². The number of pyridine rings is 2. The molecule has 0 saturated heterocycles. The number of carbonyl (C=O) groups excluding carboxylic acids is 1. The Morgan fingerprint density at radius 3 is 2.61 bits per heavy atom. The van der Waals surface area contributed by atoms with Gasteiger partial charge in [-0.1, -0.05) is 13.8 Å². The summed E-state index contributed by atoms with van der Waals surface area (Å²) in [7, 11) is 1.45. The number of ketones is 1. The van der Waals surface area contributed by atoms with Crippen molar-refractivity contribution in [1.29, 1.82) is 10.5 Å². The van der Waals surface area contributed by atoms with Crippen molar-refractivity contribution in [2.75, 3.05) is 7.11 Å². The molecule has 140 valence electrons. The molecule has 1 aliphatic rings. The molecule has 6 nitrogen and oxygen atoms in total. The summed E-state index contributed by atoms with van der Waals surface area (Å²) in [6.07, 6.45) is 5.61. The Kier molecular flexibility index (Phi) is 4.80. The van der Waals surface area contributed by atoms with Crippen LogP contribution in [-0.4, -0.2) is 22.9 Å². The Morgan fingerprint density at radius 2 is 1.96 bits per heavy atom. The number of halogens is 1. The van der Waals surface area contributed by atoms with E-state index in [0.717, 1.165) is 6.20 Å². The van der Waals surface area contributed by atoms with Crippen LogP contribution in [0.3, 0.4) is 0 Å². The van der Waals surface area contributed by atoms with E-state index in [1.807, 2.05) is 6.07 Å². The van der Waals surface area contributed by atoms with Gasteiger partial charge in [-0.15, -0.1) is 0 Å². The second-order valence-corrected chi connectivity index (χ2v) is 7.24. The van der Waals surface area contributed by atoms with Gasteiger partial charge in [0.05, 0.1) is 29.1 Å². The smallest absolute Gasteiger partial charge is 0.178 e. The second kappa shape index (κ2) is 6.95. The molecule has 0 fully saturated rings. The highest BCUT2D eigenvalue weighted by atomic mass is 19.1. The number of Topliss-reactive ketones (excluding diaryl/α,β-unsaturated/α-hetero) is 1. The van der Waals surface area contributed by atoms with Crippen LogP contribution in [0.1, 0.15) is 31.5 Å². The van der Waals surface area contributed by atoms with Crippen LogP contribution in [0.25, 0.3) is 11.1 Å². The molecular weight excluding hydrogens is 359 g/mol. The highest BCUT2D eigenvalue weighted by molar-refractivity contribution is 6.04. The van der Waals surface area contributed by atoms with Crippen LogP contribution >= 0.6 is 0 Å². The standard InChI is InChI=1S/C21H17FN4O2/c1-20(2)12-21(28-3,7-14(9-24)19(20)27)18-16(6-15(22)10-26-18)17-11-25-5-4-13(17)8-23/h4-7,10-11H,12H2,1-3H3. The lowest BCUT2D eigenvalue weighted by atomic mass is 9.68. The van der Waals surface area contributed by atoms with Gasteiger partial charge in [0.15, 0.2) is 5.78 Å². The van der Waals surface area contributed by atoms with Crippen molar-refractivity contribution in [2.45, 2.75) is 25.9 Å². The van der Waals surface area contributed by atoms with E-state index in [4.69, 9.17) is 4.74 Å². The largest absolute Gasteiger partial charge is 0.368 e. The predicted molar refractivity (Wildman–Crippen MR) is 97.9 cm³/mol. The van der Waals surface area contributed by atoms with Crippen LogP contribution in [0.4, 0.5) is 4.39 Å². The van der Waals surface area contributed by atoms with Gasteiger partial charge in [-0.3, -0.25) is 14.8 Å². The van der Waals surface area contributed by atoms with Crippen molar-refractivity contribution in [3.63, 3.8) is 0 Å². The highest BCUT2D eigenvalue weighted by Gasteiger charge is 2.48. The molecule has 7 heteroatoms. The van der Waals surface area contributed by atoms with E-state index in [9.17, 15) is 19.7 Å². The van der Waals surface area contributed by atoms with Gasteiger partial charge in [0, 0.05) is 36.0 Å². The lowest BCUT2D eigenvalue weighted by Gasteiger charge is -2.40. The fourth-order valence-electron chi connectivity index (χ4n) is 3.60. The number of methoxy groups -OCH3 is 1. The molecule has 0 aliphatic heterocycles. The van der Waals surface area contributed by atoms with Crippen molar-refractivity contribution in [1.82, 2.24) is 9.97 Å². The number of hydrogen-bond donors (Lipinski definition) is 0. The van der Waals surface area contributed by atoms with E-state index in [1.54, 1.807) is 13.8 Å². The van der Waals surface area contributed by atoms with Gasteiger partial charge in [0.1, 0.15) is 17.5 Å². The maximum Gasteiger partial charge on any atom is 0.178 e. The summed E-state index contributed by atoms with van der Waals surface area (Å²) in [5.74, 6) is -0.876. The van der Waals surface area contributed by atoms with Gasteiger partial charge in [-0.2, -0.15) is 10.5 Å². The number of aromatic nitrogens is 2. The minimum absolute atomic E-state index is 0.0399. The van der Waals surface area contributed by atoms with Crippen LogP contribution in [0.2, 0.25) is 0 Å². The molecule has 3 rings (SSSR count). The first-order chi connectivity index (χ1) is 13.3. The van der Waals surface area contributed by atoms with Crippen LogP contribution in [0.15, 0.2) is 42.4 Å². The Morgan fingerprint density at radius 1 is 1.21 bits per heavy atom. The number of rotatable bonds is 3. The van der Waals surface area contributed by atoms with Crippen molar-refractivity contribution < 1.29 is 13.9 Å². The van der Waals surface area contributed by atoms with E-state index >= 15 is 0 Å². The number of allylic oxidation sites excluding steroid dienone is 1. The summed E-state index contributed by atoms with van der Waals surface area (Å²) in [5.41, 5.74) is -0.846. The van der Waals surface area contributed by atoms with Crippen molar-refractivity contribution >= 4 is 5.78 Å². The van der Waals surface area contributed by atoms with Crippen molar-refractivity contribution in [3.05, 3.63) is 59.4 Å². The number of hydrogen-bond acceptors (Lipinski definition) is 6. The topological polar surface area (TPSA) is 99.7 Å². The number of ether oxygens (including phenoxy) is 1. The summed E-state index contributed by atoms with van der Waals surface area (Å²) < 4.78 is 19.9. The minimum atomic E-state index is -1.24. The quantitative estimate of drug-likeness (QED) is 0.813. The molecule has 2 aromatic rings. The monoisotopic (exact) mass is 376 g/mol. The summed E-state index contributed by atoms with van der Waals surface area (Å²) in [5, 5.41) is 18.9. The van der Waals surface area contributed by atoms with Crippen molar-refractivity contribution in [3.8, 4) is 23.3 Å². The molecule has 0 aromatic carbocycles. The summed E-state index contributed by atoms with van der Waals surface area (Å²) >= 11 is 0. The molecule has 0 N–H and O–H groups in total. The first-order valence-corrected chi connectivity index (χ1v) is 8.51. The van der Waals surface area contributed by atoms with Gasteiger partial charge >= 0.3 is 0 Å². The first-order valence-electron chi connectivity index (χ1n) is 8.51. The zero-order chi connectivity index (χ0) is 20.5. The molecule has 1 aliphatic carbocycles. The summed E-state index contributed by atoms with van der Waals surface area (Å²) in [4.78, 5) is 20.8. The Balaban J connectivity index is 2.35. The predicted octanol–water partition coefficient (Wildman–Crippen LogP) is 3.45. The van der Waals surface area contributed by atoms with E-state index in [1.165, 1.54) is 37.7 Å². The molecule has 2 aromatic heterocycles. The fourth-order valence-corrected chi connectivity index (χ4v) is 3.60. The number of nitriles is 2. The average molecular weight is 376 g/mol. The Bertz CT molecular complexity index is 1080. The molecule has 1 unspecified atom stereocenters. The number of nitrogens with zero attached hydrogens (tertiary/aromatic N) is 4. The van der Waals surface area contributed by atoms with Crippen LogP contribution in [-0.2, 0) is 15.1 Å². The molecule has 0 amide bonds. The molecular formula is C21H17FN4O2. The maximum absolute atomic E-state index is 14.1. The molecule has 0 bridgehead atoms. The van der Waals surface area contributed by atoms with Crippen LogP contribution in [0.5, 0.6) is 0 Å². The molecule has 0 radical (unpaired) electrons. The average Bonchev–Trinajstić information content (AvgIpc) is 2.69. The molecule has 0 spiro atoms. The summed E-state index contributed by atoms with van der Waals surface area (Å²) in [6.45, 7) is 3.45. The fraction of sp³-hybridized carbons (Fsp3) is 0.286. The molecule has 28 heavy (non-hydrogen) atoms. The van der Waals surface area contributed by atoms with Crippen molar-refractivity contribution in [2.24, 2.45) is 5.41 Å². The minimum Gasteiger partial charge on any atom is -0.368 e. The Hall–Kier alpha value is -3.42. The van der Waals surface area contributed by atoms with Gasteiger partial charge in [-0.25, -0.2) is 4.39 Å². The maximum atomic E-state index is 14.1. The second-order valence-electron chi connectivity index (χ2n) is 7.24. The SMILES string of the molecule is COC1(c2ncc(F)cc2-c2cnccc2C#N)C=C(C#N)C(=O)C(C)(C)C1. The summed E-state index contributed by atoms with van der Waals surface area (Å²) in [6, 6.07) is 6.77. The van der Waals surface area contributed by atoms with Crippen LogP contribution in [0, 0.1) is 33.9 Å². The lowest BCUT2D eigenvalue weighted by Crippen LogP contribution is -2.43. The lowest BCUT2D eigenvalue weighted by molar-refractivity contribution is -0.128. The zero-order valence-electron chi connectivity index (χ0n) is 15.7.